The number of aryl methyl sites for hydroxylation is 1. The molecule has 0 radical (unpaired) electrons. The molecule has 4 N–H and O–H groups in total. The van der Waals surface area contributed by atoms with Crippen LogP contribution in [0.3, 0.4) is 0 Å². The first kappa shape index (κ1) is 11.9. The number of para-hydroxylation sites is 1. The topological polar surface area (TPSA) is 101 Å². The Balaban J connectivity index is 2.07. The van der Waals surface area contributed by atoms with Crippen molar-refractivity contribution in [2.75, 3.05) is 11.3 Å². The average molecular weight is 246 g/mol. The number of nitrogens with one attached hydrogen (secondary N) is 1. The molecule has 0 fully saturated rings. The summed E-state index contributed by atoms with van der Waals surface area (Å²) in [5, 5.41) is 21.2. The van der Waals surface area contributed by atoms with E-state index in [1.165, 1.54) is 10.9 Å². The Morgan fingerprint density at radius 3 is 2.89 bits per heavy atom. The number of aromatic hydroxyl groups is 1. The minimum Gasteiger partial charge on any atom is -0.507 e. The minimum absolute atomic E-state index is 0.159. The van der Waals surface area contributed by atoms with Gasteiger partial charge in [-0.2, -0.15) is 5.10 Å². The predicted molar refractivity (Wildman–Crippen MR) is 68.9 cm³/mol. The zero-order chi connectivity index (χ0) is 13.0. The van der Waals surface area contributed by atoms with Crippen molar-refractivity contribution in [1.82, 2.24) is 14.9 Å². The van der Waals surface area contributed by atoms with E-state index >= 15 is 0 Å². The van der Waals surface area contributed by atoms with Crippen molar-refractivity contribution in [2.45, 2.75) is 13.3 Å². The molecule has 0 saturated carbocycles. The first-order valence-corrected chi connectivity index (χ1v) is 5.48. The zero-order valence-corrected chi connectivity index (χ0v) is 9.91. The van der Waals surface area contributed by atoms with Gasteiger partial charge in [-0.15, -0.1) is 10.2 Å². The van der Waals surface area contributed by atoms with Crippen LogP contribution in [-0.4, -0.2) is 26.2 Å². The number of nitrogens with zero attached hydrogens (tertiary/aromatic N) is 4. The summed E-state index contributed by atoms with van der Waals surface area (Å²) in [5.74, 6) is 6.90. The van der Waals surface area contributed by atoms with E-state index in [1.54, 1.807) is 18.2 Å². The van der Waals surface area contributed by atoms with Crippen molar-refractivity contribution in [3.63, 3.8) is 0 Å². The second kappa shape index (κ2) is 5.17. The first-order valence-electron chi connectivity index (χ1n) is 5.48. The van der Waals surface area contributed by atoms with E-state index in [2.05, 4.69) is 20.7 Å². The fraction of sp³-hybridized carbons (Fsp3) is 0.182. The largest absolute Gasteiger partial charge is 0.507 e. The smallest absolute Gasteiger partial charge is 0.263 e. The van der Waals surface area contributed by atoms with E-state index in [0.29, 0.717) is 23.8 Å². The molecule has 0 amide bonds. The Kier molecular flexibility index (Phi) is 3.42. The summed E-state index contributed by atoms with van der Waals surface area (Å²) in [7, 11) is 0. The second-order valence-corrected chi connectivity index (χ2v) is 3.59. The summed E-state index contributed by atoms with van der Waals surface area (Å²) >= 11 is 0. The Morgan fingerprint density at radius 2 is 2.22 bits per heavy atom. The summed E-state index contributed by atoms with van der Waals surface area (Å²) in [4.78, 5) is 0. The van der Waals surface area contributed by atoms with Crippen molar-refractivity contribution >= 4 is 12.2 Å². The number of hydrogen-bond acceptors (Lipinski definition) is 6. The average Bonchev–Trinajstić information content (AvgIpc) is 2.73. The van der Waals surface area contributed by atoms with Gasteiger partial charge in [0.2, 0.25) is 0 Å². The SMILES string of the molecule is CCc1nnc(N/N=C\c2ccccc2O)n1N. The van der Waals surface area contributed by atoms with Crippen LogP contribution < -0.4 is 11.3 Å². The number of hydrogen-bond donors (Lipinski definition) is 3. The minimum atomic E-state index is 0.159. The van der Waals surface area contributed by atoms with Crippen molar-refractivity contribution in [3.05, 3.63) is 35.7 Å². The van der Waals surface area contributed by atoms with E-state index in [1.807, 2.05) is 13.0 Å². The van der Waals surface area contributed by atoms with Gasteiger partial charge >= 0.3 is 0 Å². The highest BCUT2D eigenvalue weighted by atomic mass is 16.3. The zero-order valence-electron chi connectivity index (χ0n) is 9.91. The molecule has 94 valence electrons. The molecule has 7 heteroatoms. The molecule has 0 aliphatic heterocycles. The van der Waals surface area contributed by atoms with Gasteiger partial charge in [0.05, 0.1) is 6.21 Å². The molecule has 1 heterocycles. The number of rotatable bonds is 4. The highest BCUT2D eigenvalue weighted by Crippen LogP contribution is 2.12. The van der Waals surface area contributed by atoms with Gasteiger partial charge in [-0.25, -0.2) is 10.1 Å². The number of phenols is 1. The predicted octanol–water partition coefficient (Wildman–Crippen LogP) is 0.706. The van der Waals surface area contributed by atoms with Crippen LogP contribution >= 0.6 is 0 Å². The van der Waals surface area contributed by atoms with Gasteiger partial charge in [0.25, 0.3) is 5.95 Å². The Morgan fingerprint density at radius 1 is 1.44 bits per heavy atom. The third-order valence-electron chi connectivity index (χ3n) is 2.39. The Bertz CT molecular complexity index is 562. The van der Waals surface area contributed by atoms with Crippen LogP contribution in [0, 0.1) is 0 Å². The summed E-state index contributed by atoms with van der Waals surface area (Å²) in [6.45, 7) is 1.93. The number of benzene rings is 1. The second-order valence-electron chi connectivity index (χ2n) is 3.59. The van der Waals surface area contributed by atoms with Crippen LogP contribution in [-0.2, 0) is 6.42 Å². The van der Waals surface area contributed by atoms with Crippen molar-refractivity contribution in [3.8, 4) is 5.75 Å². The van der Waals surface area contributed by atoms with Gasteiger partial charge in [0.15, 0.2) is 5.82 Å². The van der Waals surface area contributed by atoms with Crippen molar-refractivity contribution in [2.24, 2.45) is 5.10 Å². The van der Waals surface area contributed by atoms with E-state index in [0.717, 1.165) is 0 Å². The number of phenolic OH excluding ortho intramolecular Hbond substituents is 1. The van der Waals surface area contributed by atoms with Gasteiger partial charge in [0, 0.05) is 12.0 Å². The number of aromatic nitrogens is 3. The van der Waals surface area contributed by atoms with Crippen LogP contribution in [0.15, 0.2) is 29.4 Å². The summed E-state index contributed by atoms with van der Waals surface area (Å²) in [6, 6.07) is 6.87. The number of nitrogens with two attached hydrogens (primary N) is 1. The first-order chi connectivity index (χ1) is 8.72. The lowest BCUT2D eigenvalue weighted by atomic mass is 10.2. The molecule has 0 bridgehead atoms. The Labute approximate surface area is 104 Å². The van der Waals surface area contributed by atoms with Crippen molar-refractivity contribution in [1.29, 1.82) is 0 Å². The van der Waals surface area contributed by atoms with E-state index in [-0.39, 0.29) is 5.75 Å². The molecule has 0 atom stereocenters. The molecule has 1 aromatic heterocycles. The molecule has 0 saturated heterocycles. The van der Waals surface area contributed by atoms with E-state index in [4.69, 9.17) is 5.84 Å². The molecule has 1 aromatic carbocycles. The van der Waals surface area contributed by atoms with Crippen LogP contribution in [0.25, 0.3) is 0 Å². The van der Waals surface area contributed by atoms with Gasteiger partial charge in [0.1, 0.15) is 5.75 Å². The van der Waals surface area contributed by atoms with Gasteiger partial charge in [-0.1, -0.05) is 19.1 Å². The lowest BCUT2D eigenvalue weighted by Crippen LogP contribution is -2.14. The maximum absolute atomic E-state index is 9.53. The lowest BCUT2D eigenvalue weighted by molar-refractivity contribution is 0.474. The van der Waals surface area contributed by atoms with E-state index < -0.39 is 0 Å². The lowest BCUT2D eigenvalue weighted by Gasteiger charge is -2.01. The molecule has 18 heavy (non-hydrogen) atoms. The quantitative estimate of drug-likeness (QED) is 0.419. The fourth-order valence-corrected chi connectivity index (χ4v) is 1.40. The molecule has 2 rings (SSSR count). The van der Waals surface area contributed by atoms with Gasteiger partial charge < -0.3 is 10.9 Å². The van der Waals surface area contributed by atoms with Gasteiger partial charge in [-0.05, 0) is 12.1 Å². The number of nitrogen functional groups attached to an aromatic ring is 1. The number of anilines is 1. The normalized spacial score (nSPS) is 10.9. The van der Waals surface area contributed by atoms with Crippen molar-refractivity contribution < 1.29 is 5.11 Å². The molecular formula is C11H14N6O. The van der Waals surface area contributed by atoms with E-state index in [9.17, 15) is 5.11 Å². The molecule has 0 spiro atoms. The highest BCUT2D eigenvalue weighted by Gasteiger charge is 2.05. The Hall–Kier alpha value is -2.57. The monoisotopic (exact) mass is 246 g/mol. The van der Waals surface area contributed by atoms with Gasteiger partial charge in [-0.3, -0.25) is 0 Å². The standard InChI is InChI=1S/C11H14N6O/c1-2-10-14-16-11(17(10)12)15-13-7-8-5-3-4-6-9(8)18/h3-7,18H,2,12H2,1H3,(H,15,16)/b13-7-. The maximum Gasteiger partial charge on any atom is 0.263 e. The summed E-state index contributed by atoms with van der Waals surface area (Å²) in [6.07, 6.45) is 2.17. The van der Waals surface area contributed by atoms with Crippen LogP contribution in [0.5, 0.6) is 5.75 Å². The number of hydrazone groups is 1. The molecule has 2 aromatic rings. The van der Waals surface area contributed by atoms with Crippen LogP contribution in [0.2, 0.25) is 0 Å². The van der Waals surface area contributed by atoms with Crippen LogP contribution in [0.4, 0.5) is 5.95 Å². The third-order valence-corrected chi connectivity index (χ3v) is 2.39. The maximum atomic E-state index is 9.53. The molecule has 0 aliphatic rings. The summed E-state index contributed by atoms with van der Waals surface area (Å²) in [5.41, 5.74) is 3.27. The molecule has 7 nitrogen and oxygen atoms in total. The van der Waals surface area contributed by atoms with Crippen LogP contribution in [0.1, 0.15) is 18.3 Å². The molecule has 0 aliphatic carbocycles. The highest BCUT2D eigenvalue weighted by molar-refractivity contribution is 5.83. The molecule has 0 unspecified atom stereocenters. The fourth-order valence-electron chi connectivity index (χ4n) is 1.40. The summed E-state index contributed by atoms with van der Waals surface area (Å²) < 4.78 is 1.34. The third kappa shape index (κ3) is 2.40. The molecular weight excluding hydrogens is 232 g/mol.